The fourth-order valence-corrected chi connectivity index (χ4v) is 4.25. The molecular formula is C25H19BrN4O2. The number of hydrogen-bond donors (Lipinski definition) is 1. The average molecular weight is 487 g/mol. The predicted octanol–water partition coefficient (Wildman–Crippen LogP) is 4.39. The van der Waals surface area contributed by atoms with E-state index in [2.05, 4.69) is 26.2 Å². The molecule has 0 aliphatic carbocycles. The predicted molar refractivity (Wildman–Crippen MR) is 128 cm³/mol. The topological polar surface area (TPSA) is 68.4 Å². The lowest BCUT2D eigenvalue weighted by Gasteiger charge is -2.12. The molecule has 3 aromatic heterocycles. The van der Waals surface area contributed by atoms with Crippen molar-refractivity contribution in [2.45, 2.75) is 13.1 Å². The lowest BCUT2D eigenvalue weighted by Crippen LogP contribution is -2.24. The van der Waals surface area contributed by atoms with Gasteiger partial charge in [-0.2, -0.15) is 0 Å². The van der Waals surface area contributed by atoms with Gasteiger partial charge in [-0.15, -0.1) is 0 Å². The Hall–Kier alpha value is -3.71. The standard InChI is InChI=1S/C25H19BrN4O2/c26-20-5-1-4-18(14-20)15-28-24(31)19-10-8-17(9-11-19)16-30-23-21(6-2-12-27-23)29-13-3-7-22(29)25(30)32/h1-14H,15-16H2,(H,28,31). The number of pyridine rings is 1. The van der Waals surface area contributed by atoms with E-state index in [1.807, 2.05) is 71.3 Å². The van der Waals surface area contributed by atoms with Gasteiger partial charge >= 0.3 is 0 Å². The quantitative estimate of drug-likeness (QED) is 0.400. The molecule has 0 spiro atoms. The molecule has 5 aromatic rings. The van der Waals surface area contributed by atoms with Crippen LogP contribution in [0.15, 0.2) is 94.5 Å². The Labute approximate surface area is 192 Å². The second kappa shape index (κ2) is 8.43. The lowest BCUT2D eigenvalue weighted by molar-refractivity contribution is 0.0951. The third-order valence-electron chi connectivity index (χ3n) is 5.39. The molecule has 6 nitrogen and oxygen atoms in total. The minimum Gasteiger partial charge on any atom is -0.348 e. The molecule has 7 heteroatoms. The molecule has 2 aromatic carbocycles. The van der Waals surface area contributed by atoms with Crippen molar-refractivity contribution in [3.63, 3.8) is 0 Å². The second-order valence-corrected chi connectivity index (χ2v) is 8.43. The first-order valence-electron chi connectivity index (χ1n) is 10.2. The van der Waals surface area contributed by atoms with Gasteiger partial charge in [-0.3, -0.25) is 14.2 Å². The highest BCUT2D eigenvalue weighted by Gasteiger charge is 2.12. The molecule has 0 fully saturated rings. The van der Waals surface area contributed by atoms with E-state index in [4.69, 9.17) is 0 Å². The fourth-order valence-electron chi connectivity index (χ4n) is 3.81. The van der Waals surface area contributed by atoms with E-state index in [0.717, 1.165) is 21.1 Å². The Morgan fingerprint density at radius 1 is 0.938 bits per heavy atom. The summed E-state index contributed by atoms with van der Waals surface area (Å²) in [7, 11) is 0. The summed E-state index contributed by atoms with van der Waals surface area (Å²) in [6.45, 7) is 0.818. The van der Waals surface area contributed by atoms with E-state index in [0.29, 0.717) is 29.8 Å². The summed E-state index contributed by atoms with van der Waals surface area (Å²) in [5.74, 6) is -0.143. The van der Waals surface area contributed by atoms with Crippen molar-refractivity contribution in [2.75, 3.05) is 0 Å². The van der Waals surface area contributed by atoms with Gasteiger partial charge in [-0.25, -0.2) is 4.98 Å². The van der Waals surface area contributed by atoms with Gasteiger partial charge in [-0.1, -0.05) is 40.2 Å². The summed E-state index contributed by atoms with van der Waals surface area (Å²) >= 11 is 3.44. The van der Waals surface area contributed by atoms with E-state index in [-0.39, 0.29) is 11.5 Å². The first kappa shape index (κ1) is 20.2. The van der Waals surface area contributed by atoms with E-state index in [1.165, 1.54) is 0 Å². The van der Waals surface area contributed by atoms with Crippen molar-refractivity contribution in [2.24, 2.45) is 0 Å². The van der Waals surface area contributed by atoms with Gasteiger partial charge in [0.2, 0.25) is 0 Å². The summed E-state index contributed by atoms with van der Waals surface area (Å²) in [4.78, 5) is 30.0. The van der Waals surface area contributed by atoms with Crippen LogP contribution in [0.4, 0.5) is 0 Å². The summed E-state index contributed by atoms with van der Waals surface area (Å²) in [6, 6.07) is 22.6. The number of fused-ring (bicyclic) bond motifs is 3. The molecule has 1 amide bonds. The molecular weight excluding hydrogens is 468 g/mol. The number of hydrogen-bond acceptors (Lipinski definition) is 3. The number of halogens is 1. The smallest absolute Gasteiger partial charge is 0.276 e. The van der Waals surface area contributed by atoms with Crippen LogP contribution < -0.4 is 10.9 Å². The lowest BCUT2D eigenvalue weighted by atomic mass is 10.1. The van der Waals surface area contributed by atoms with Crippen LogP contribution in [-0.4, -0.2) is 19.9 Å². The van der Waals surface area contributed by atoms with E-state index in [9.17, 15) is 9.59 Å². The van der Waals surface area contributed by atoms with Crippen LogP contribution >= 0.6 is 15.9 Å². The maximum atomic E-state index is 13.1. The summed E-state index contributed by atoms with van der Waals surface area (Å²) < 4.78 is 4.51. The van der Waals surface area contributed by atoms with Crippen LogP contribution in [0.1, 0.15) is 21.5 Å². The van der Waals surface area contributed by atoms with Crippen LogP contribution in [0.2, 0.25) is 0 Å². The van der Waals surface area contributed by atoms with Gasteiger partial charge in [0.25, 0.3) is 11.5 Å². The third kappa shape index (κ3) is 3.83. The monoisotopic (exact) mass is 486 g/mol. The first-order valence-corrected chi connectivity index (χ1v) is 11.0. The van der Waals surface area contributed by atoms with Crippen LogP contribution in [0.25, 0.3) is 16.7 Å². The van der Waals surface area contributed by atoms with E-state index in [1.54, 1.807) is 22.9 Å². The van der Waals surface area contributed by atoms with Gasteiger partial charge in [0, 0.05) is 29.0 Å². The van der Waals surface area contributed by atoms with Crippen molar-refractivity contribution < 1.29 is 4.79 Å². The second-order valence-electron chi connectivity index (χ2n) is 7.51. The number of nitrogens with zero attached hydrogens (tertiary/aromatic N) is 3. The Bertz CT molecular complexity index is 1500. The molecule has 32 heavy (non-hydrogen) atoms. The highest BCUT2D eigenvalue weighted by atomic mass is 79.9. The molecule has 1 N–H and O–H groups in total. The number of rotatable bonds is 5. The Morgan fingerprint density at radius 2 is 1.75 bits per heavy atom. The number of carbonyl (C=O) groups excluding carboxylic acids is 1. The molecule has 0 radical (unpaired) electrons. The van der Waals surface area contributed by atoms with Crippen LogP contribution in [0.5, 0.6) is 0 Å². The van der Waals surface area contributed by atoms with Crippen molar-refractivity contribution in [1.29, 1.82) is 0 Å². The highest BCUT2D eigenvalue weighted by molar-refractivity contribution is 9.10. The molecule has 158 valence electrons. The van der Waals surface area contributed by atoms with Crippen molar-refractivity contribution in [1.82, 2.24) is 19.3 Å². The van der Waals surface area contributed by atoms with Gasteiger partial charge in [0.1, 0.15) is 5.52 Å². The van der Waals surface area contributed by atoms with Crippen molar-refractivity contribution >= 4 is 38.5 Å². The zero-order valence-corrected chi connectivity index (χ0v) is 18.6. The normalized spacial score (nSPS) is 11.2. The Balaban J connectivity index is 1.38. The number of aromatic nitrogens is 3. The Kier molecular flexibility index (Phi) is 5.33. The highest BCUT2D eigenvalue weighted by Crippen LogP contribution is 2.15. The van der Waals surface area contributed by atoms with E-state index < -0.39 is 0 Å². The number of benzene rings is 2. The van der Waals surface area contributed by atoms with Gasteiger partial charge < -0.3 is 9.72 Å². The maximum absolute atomic E-state index is 13.1. The molecule has 0 atom stereocenters. The summed E-state index contributed by atoms with van der Waals surface area (Å²) in [5, 5.41) is 2.93. The Morgan fingerprint density at radius 3 is 2.56 bits per heavy atom. The first-order chi connectivity index (χ1) is 15.6. The molecule has 0 bridgehead atoms. The molecule has 3 heterocycles. The minimum atomic E-state index is -0.143. The van der Waals surface area contributed by atoms with Crippen molar-refractivity contribution in [3.05, 3.63) is 117 Å². The zero-order valence-electron chi connectivity index (χ0n) is 17.0. The van der Waals surface area contributed by atoms with Crippen molar-refractivity contribution in [3.8, 4) is 0 Å². The average Bonchev–Trinajstić information content (AvgIpc) is 3.31. The minimum absolute atomic E-state index is 0.1000. The van der Waals surface area contributed by atoms with Gasteiger partial charge in [-0.05, 0) is 59.7 Å². The fraction of sp³-hybridized carbons (Fsp3) is 0.0800. The molecule has 0 saturated carbocycles. The number of carbonyl (C=O) groups is 1. The SMILES string of the molecule is O=C(NCc1cccc(Br)c1)c1ccc(Cn2c(=O)c3cccn3c3cccnc32)cc1. The van der Waals surface area contributed by atoms with Crippen LogP contribution in [0, 0.1) is 0 Å². The molecule has 0 saturated heterocycles. The van der Waals surface area contributed by atoms with Gasteiger partial charge in [0.15, 0.2) is 5.65 Å². The maximum Gasteiger partial charge on any atom is 0.276 e. The molecule has 0 aliphatic rings. The number of nitrogens with one attached hydrogen (secondary N) is 1. The largest absolute Gasteiger partial charge is 0.348 e. The zero-order chi connectivity index (χ0) is 22.1. The molecule has 0 aliphatic heterocycles. The van der Waals surface area contributed by atoms with Gasteiger partial charge in [0.05, 0.1) is 12.1 Å². The molecule has 0 unspecified atom stereocenters. The van der Waals surface area contributed by atoms with Crippen LogP contribution in [0.3, 0.4) is 0 Å². The summed E-state index contributed by atoms with van der Waals surface area (Å²) in [5.41, 5.74) is 4.50. The third-order valence-corrected chi connectivity index (χ3v) is 5.89. The van der Waals surface area contributed by atoms with E-state index >= 15 is 0 Å². The molecule has 5 rings (SSSR count). The van der Waals surface area contributed by atoms with Crippen LogP contribution in [-0.2, 0) is 13.1 Å². The number of amides is 1. The summed E-state index contributed by atoms with van der Waals surface area (Å²) in [6.07, 6.45) is 3.55.